The summed E-state index contributed by atoms with van der Waals surface area (Å²) in [4.78, 5) is 10.8. The molecule has 0 amide bonds. The van der Waals surface area contributed by atoms with Crippen LogP contribution in [0.2, 0.25) is 0 Å². The first-order chi connectivity index (χ1) is 6.29. The van der Waals surface area contributed by atoms with Gasteiger partial charge in [0.15, 0.2) is 0 Å². The van der Waals surface area contributed by atoms with Crippen LogP contribution in [0.25, 0.3) is 0 Å². The van der Waals surface area contributed by atoms with E-state index in [4.69, 9.17) is 0 Å². The summed E-state index contributed by atoms with van der Waals surface area (Å²) >= 11 is 3.45. The molecule has 2 heteroatoms. The average molecular weight is 241 g/mol. The van der Waals surface area contributed by atoms with E-state index in [2.05, 4.69) is 22.9 Å². The summed E-state index contributed by atoms with van der Waals surface area (Å²) in [6, 6.07) is 7.90. The Kier molecular flexibility index (Phi) is 4.16. The van der Waals surface area contributed by atoms with Crippen molar-refractivity contribution in [3.63, 3.8) is 0 Å². The van der Waals surface area contributed by atoms with Crippen molar-refractivity contribution >= 4 is 22.2 Å². The maximum atomic E-state index is 10.8. The molecule has 1 unspecified atom stereocenters. The Hall–Kier alpha value is -0.630. The van der Waals surface area contributed by atoms with Crippen LogP contribution in [-0.4, -0.2) is 6.29 Å². The summed E-state index contributed by atoms with van der Waals surface area (Å²) < 4.78 is 1.03. The first-order valence-corrected chi connectivity index (χ1v) is 5.28. The standard InChI is InChI=1S/C11H13BrO/c1-2-5-9(8-13)10-6-3-4-7-11(10)12/h3-4,6-9H,2,5H2,1H3. The third kappa shape index (κ3) is 2.66. The molecule has 0 saturated carbocycles. The molecule has 70 valence electrons. The van der Waals surface area contributed by atoms with Gasteiger partial charge >= 0.3 is 0 Å². The van der Waals surface area contributed by atoms with E-state index >= 15 is 0 Å². The molecule has 0 bridgehead atoms. The molecule has 0 N–H and O–H groups in total. The number of benzene rings is 1. The lowest BCUT2D eigenvalue weighted by Crippen LogP contribution is -2.00. The zero-order chi connectivity index (χ0) is 9.68. The summed E-state index contributed by atoms with van der Waals surface area (Å²) in [6.45, 7) is 2.09. The Morgan fingerprint density at radius 2 is 2.15 bits per heavy atom. The van der Waals surface area contributed by atoms with Crippen molar-refractivity contribution in [2.24, 2.45) is 0 Å². The predicted molar refractivity (Wildman–Crippen MR) is 57.9 cm³/mol. The fraction of sp³-hybridized carbons (Fsp3) is 0.364. The Bertz CT molecular complexity index is 283. The highest BCUT2D eigenvalue weighted by Crippen LogP contribution is 2.26. The number of rotatable bonds is 4. The van der Waals surface area contributed by atoms with Crippen molar-refractivity contribution in [3.8, 4) is 0 Å². The van der Waals surface area contributed by atoms with E-state index in [0.29, 0.717) is 0 Å². The molecular formula is C11H13BrO. The lowest BCUT2D eigenvalue weighted by molar-refractivity contribution is -0.109. The van der Waals surface area contributed by atoms with Gasteiger partial charge in [-0.05, 0) is 18.1 Å². The second-order valence-corrected chi connectivity index (χ2v) is 3.91. The number of hydrogen-bond donors (Lipinski definition) is 0. The zero-order valence-electron chi connectivity index (χ0n) is 7.66. The topological polar surface area (TPSA) is 17.1 Å². The van der Waals surface area contributed by atoms with E-state index in [9.17, 15) is 4.79 Å². The minimum atomic E-state index is 0.0422. The van der Waals surface area contributed by atoms with Gasteiger partial charge in [0.1, 0.15) is 6.29 Å². The lowest BCUT2D eigenvalue weighted by Gasteiger charge is -2.10. The fourth-order valence-electron chi connectivity index (χ4n) is 1.38. The third-order valence-electron chi connectivity index (χ3n) is 2.07. The molecule has 1 nitrogen and oxygen atoms in total. The minimum Gasteiger partial charge on any atom is -0.303 e. The summed E-state index contributed by atoms with van der Waals surface area (Å²) in [7, 11) is 0. The first-order valence-electron chi connectivity index (χ1n) is 4.49. The highest BCUT2D eigenvalue weighted by Gasteiger charge is 2.11. The molecule has 0 aromatic heterocycles. The number of hydrogen-bond acceptors (Lipinski definition) is 1. The summed E-state index contributed by atoms with van der Waals surface area (Å²) in [5.74, 6) is 0.0422. The fourth-order valence-corrected chi connectivity index (χ4v) is 1.96. The summed E-state index contributed by atoms with van der Waals surface area (Å²) in [6.07, 6.45) is 2.99. The van der Waals surface area contributed by atoms with Gasteiger partial charge in [-0.15, -0.1) is 0 Å². The minimum absolute atomic E-state index is 0.0422. The number of halogens is 1. The molecule has 0 fully saturated rings. The highest BCUT2D eigenvalue weighted by atomic mass is 79.9. The largest absolute Gasteiger partial charge is 0.303 e. The van der Waals surface area contributed by atoms with E-state index in [1.165, 1.54) is 0 Å². The normalized spacial score (nSPS) is 12.5. The van der Waals surface area contributed by atoms with Gasteiger partial charge in [0.2, 0.25) is 0 Å². The number of aldehydes is 1. The number of carbonyl (C=O) groups excluding carboxylic acids is 1. The van der Waals surface area contributed by atoms with Crippen molar-refractivity contribution in [2.45, 2.75) is 25.7 Å². The Morgan fingerprint density at radius 3 is 2.69 bits per heavy atom. The summed E-state index contributed by atoms with van der Waals surface area (Å²) in [5, 5.41) is 0. The van der Waals surface area contributed by atoms with Gasteiger partial charge in [0, 0.05) is 10.4 Å². The van der Waals surface area contributed by atoms with Crippen LogP contribution in [0.5, 0.6) is 0 Å². The molecule has 0 aliphatic heterocycles. The van der Waals surface area contributed by atoms with Crippen LogP contribution in [0, 0.1) is 0 Å². The van der Waals surface area contributed by atoms with E-state index in [1.807, 2.05) is 24.3 Å². The molecule has 1 aromatic carbocycles. The van der Waals surface area contributed by atoms with Crippen molar-refractivity contribution in [3.05, 3.63) is 34.3 Å². The van der Waals surface area contributed by atoms with Gasteiger partial charge in [-0.25, -0.2) is 0 Å². The zero-order valence-corrected chi connectivity index (χ0v) is 9.25. The van der Waals surface area contributed by atoms with Crippen molar-refractivity contribution in [1.82, 2.24) is 0 Å². The molecule has 0 spiro atoms. The van der Waals surface area contributed by atoms with E-state index in [1.54, 1.807) is 0 Å². The molecule has 0 aliphatic rings. The quantitative estimate of drug-likeness (QED) is 0.737. The maximum Gasteiger partial charge on any atom is 0.127 e. The molecule has 0 heterocycles. The van der Waals surface area contributed by atoms with Crippen molar-refractivity contribution in [2.75, 3.05) is 0 Å². The Balaban J connectivity index is 2.90. The average Bonchev–Trinajstić information content (AvgIpc) is 2.16. The smallest absolute Gasteiger partial charge is 0.127 e. The SMILES string of the molecule is CCCC(C=O)c1ccccc1Br. The van der Waals surface area contributed by atoms with Gasteiger partial charge < -0.3 is 4.79 Å². The van der Waals surface area contributed by atoms with Gasteiger partial charge in [-0.3, -0.25) is 0 Å². The van der Waals surface area contributed by atoms with Crippen LogP contribution in [0.15, 0.2) is 28.7 Å². The molecule has 1 rings (SSSR count). The van der Waals surface area contributed by atoms with E-state index < -0.39 is 0 Å². The van der Waals surface area contributed by atoms with Gasteiger partial charge in [0.05, 0.1) is 0 Å². The van der Waals surface area contributed by atoms with Crippen molar-refractivity contribution < 1.29 is 4.79 Å². The first kappa shape index (κ1) is 10.5. The third-order valence-corrected chi connectivity index (χ3v) is 2.79. The molecule has 0 radical (unpaired) electrons. The van der Waals surface area contributed by atoms with Crippen LogP contribution in [0.3, 0.4) is 0 Å². The molecule has 1 atom stereocenters. The molecule has 0 saturated heterocycles. The molecular weight excluding hydrogens is 228 g/mol. The maximum absolute atomic E-state index is 10.8. The Labute approximate surface area is 87.3 Å². The Morgan fingerprint density at radius 1 is 1.46 bits per heavy atom. The van der Waals surface area contributed by atoms with Crippen LogP contribution < -0.4 is 0 Å². The highest BCUT2D eigenvalue weighted by molar-refractivity contribution is 9.10. The van der Waals surface area contributed by atoms with Gasteiger partial charge in [-0.1, -0.05) is 47.5 Å². The number of carbonyl (C=O) groups is 1. The van der Waals surface area contributed by atoms with Crippen LogP contribution in [0.4, 0.5) is 0 Å². The molecule has 1 aromatic rings. The van der Waals surface area contributed by atoms with E-state index in [0.717, 1.165) is 29.2 Å². The lowest BCUT2D eigenvalue weighted by atomic mass is 9.96. The summed E-state index contributed by atoms with van der Waals surface area (Å²) in [5.41, 5.74) is 1.10. The molecule has 0 aliphatic carbocycles. The van der Waals surface area contributed by atoms with Gasteiger partial charge in [-0.2, -0.15) is 0 Å². The van der Waals surface area contributed by atoms with Crippen LogP contribution in [-0.2, 0) is 4.79 Å². The van der Waals surface area contributed by atoms with Gasteiger partial charge in [0.25, 0.3) is 0 Å². The van der Waals surface area contributed by atoms with Crippen LogP contribution >= 0.6 is 15.9 Å². The second-order valence-electron chi connectivity index (χ2n) is 3.05. The van der Waals surface area contributed by atoms with E-state index in [-0.39, 0.29) is 5.92 Å². The molecule has 13 heavy (non-hydrogen) atoms. The van der Waals surface area contributed by atoms with Crippen molar-refractivity contribution in [1.29, 1.82) is 0 Å². The second kappa shape index (κ2) is 5.18. The van der Waals surface area contributed by atoms with Crippen LogP contribution in [0.1, 0.15) is 31.2 Å². The monoisotopic (exact) mass is 240 g/mol. The predicted octanol–water partition coefficient (Wildman–Crippen LogP) is 3.53.